The van der Waals surface area contributed by atoms with Crippen LogP contribution in [0, 0.1) is 11.6 Å². The summed E-state index contributed by atoms with van der Waals surface area (Å²) in [6.45, 7) is 4.91. The first-order valence-corrected chi connectivity index (χ1v) is 16.5. The third kappa shape index (κ3) is 12.5. The van der Waals surface area contributed by atoms with E-state index in [0.717, 1.165) is 43.2 Å². The minimum atomic E-state index is -0.637. The van der Waals surface area contributed by atoms with Gasteiger partial charge in [-0.05, 0) is 72.4 Å². The van der Waals surface area contributed by atoms with Gasteiger partial charge in [0.1, 0.15) is 0 Å². The van der Waals surface area contributed by atoms with Gasteiger partial charge in [-0.2, -0.15) is 0 Å². The summed E-state index contributed by atoms with van der Waals surface area (Å²) < 4.78 is 40.3. The highest BCUT2D eigenvalue weighted by Gasteiger charge is 2.14. The van der Waals surface area contributed by atoms with Gasteiger partial charge in [0.05, 0.1) is 12.2 Å². The molecule has 0 radical (unpaired) electrons. The maximum atomic E-state index is 14.7. The largest absolute Gasteiger partial charge is 0.491 e. The number of benzene rings is 3. The van der Waals surface area contributed by atoms with E-state index in [0.29, 0.717) is 17.7 Å². The molecule has 3 aromatic rings. The van der Waals surface area contributed by atoms with Crippen LogP contribution in [0.5, 0.6) is 11.5 Å². The first-order valence-electron chi connectivity index (χ1n) is 16.5. The second kappa shape index (κ2) is 19.9. The van der Waals surface area contributed by atoms with Gasteiger partial charge in [0.25, 0.3) is 0 Å². The topological polar surface area (TPSA) is 35.5 Å². The summed E-state index contributed by atoms with van der Waals surface area (Å²) in [4.78, 5) is 12.7. The SMILES string of the molecule is CCCCCCCCCCCCc1ccc(OC(=O)c2ccc(-c3ccc(OCCCCCCC)c(F)c3)cc2)c(F)c1. The molecule has 0 spiro atoms. The summed E-state index contributed by atoms with van der Waals surface area (Å²) in [6, 6.07) is 16.4. The number of halogens is 2. The number of unbranched alkanes of at least 4 members (excludes halogenated alkanes) is 13. The second-order valence-corrected chi connectivity index (χ2v) is 11.6. The van der Waals surface area contributed by atoms with Crippen molar-refractivity contribution in [3.8, 4) is 22.6 Å². The molecule has 0 atom stereocenters. The van der Waals surface area contributed by atoms with Crippen LogP contribution in [-0.2, 0) is 6.42 Å². The number of aryl methyl sites for hydroxylation is 1. The zero-order valence-corrected chi connectivity index (χ0v) is 26.3. The monoisotopic (exact) mass is 592 g/mol. The number of esters is 1. The van der Waals surface area contributed by atoms with Gasteiger partial charge in [-0.1, -0.05) is 122 Å². The van der Waals surface area contributed by atoms with Crippen LogP contribution in [0.3, 0.4) is 0 Å². The van der Waals surface area contributed by atoms with E-state index in [1.165, 1.54) is 88.8 Å². The van der Waals surface area contributed by atoms with E-state index in [4.69, 9.17) is 9.47 Å². The number of rotatable bonds is 21. The lowest BCUT2D eigenvalue weighted by molar-refractivity contribution is 0.0728. The molecule has 3 nitrogen and oxygen atoms in total. The smallest absolute Gasteiger partial charge is 0.343 e. The molecular formula is C38H50F2O3. The summed E-state index contributed by atoms with van der Waals surface area (Å²) in [6.07, 6.45) is 19.0. The Kier molecular flexibility index (Phi) is 15.8. The summed E-state index contributed by atoms with van der Waals surface area (Å²) in [5, 5.41) is 0. The van der Waals surface area contributed by atoms with Crippen molar-refractivity contribution in [3.05, 3.63) is 83.4 Å². The zero-order valence-electron chi connectivity index (χ0n) is 26.3. The van der Waals surface area contributed by atoms with Crippen LogP contribution in [0.15, 0.2) is 60.7 Å². The Morgan fingerprint density at radius 1 is 0.581 bits per heavy atom. The van der Waals surface area contributed by atoms with E-state index >= 15 is 0 Å². The predicted octanol–water partition coefficient (Wildman–Crippen LogP) is 11.7. The molecule has 0 aliphatic carbocycles. The molecule has 0 heterocycles. The summed E-state index contributed by atoms with van der Waals surface area (Å²) in [7, 11) is 0. The van der Waals surface area contributed by atoms with Gasteiger partial charge in [0, 0.05) is 0 Å². The first-order chi connectivity index (χ1) is 21.0. The number of ether oxygens (including phenoxy) is 2. The molecule has 43 heavy (non-hydrogen) atoms. The lowest BCUT2D eigenvalue weighted by Crippen LogP contribution is -2.09. The molecule has 0 aliphatic rings. The summed E-state index contributed by atoms with van der Waals surface area (Å²) in [5.74, 6) is -1.42. The lowest BCUT2D eigenvalue weighted by Gasteiger charge is -2.10. The molecule has 0 saturated carbocycles. The molecule has 0 aromatic heterocycles. The van der Waals surface area contributed by atoms with Crippen LogP contribution in [-0.4, -0.2) is 12.6 Å². The van der Waals surface area contributed by atoms with Crippen molar-refractivity contribution in [3.63, 3.8) is 0 Å². The zero-order chi connectivity index (χ0) is 30.7. The second-order valence-electron chi connectivity index (χ2n) is 11.6. The van der Waals surface area contributed by atoms with Crippen molar-refractivity contribution in [2.75, 3.05) is 6.61 Å². The van der Waals surface area contributed by atoms with E-state index in [2.05, 4.69) is 13.8 Å². The highest BCUT2D eigenvalue weighted by atomic mass is 19.1. The number of hydrogen-bond donors (Lipinski definition) is 0. The fourth-order valence-electron chi connectivity index (χ4n) is 5.24. The fraction of sp³-hybridized carbons (Fsp3) is 0.500. The minimum Gasteiger partial charge on any atom is -0.491 e. The minimum absolute atomic E-state index is 0.0797. The Labute approximate surface area is 258 Å². The Balaban J connectivity index is 1.42. The van der Waals surface area contributed by atoms with Crippen molar-refractivity contribution in [2.45, 2.75) is 117 Å². The van der Waals surface area contributed by atoms with Gasteiger partial charge in [0.15, 0.2) is 23.1 Å². The maximum absolute atomic E-state index is 14.7. The summed E-state index contributed by atoms with van der Waals surface area (Å²) >= 11 is 0. The molecule has 0 saturated heterocycles. The normalized spacial score (nSPS) is 11.1. The number of hydrogen-bond acceptors (Lipinski definition) is 3. The molecule has 3 aromatic carbocycles. The van der Waals surface area contributed by atoms with Gasteiger partial charge in [-0.15, -0.1) is 0 Å². The fourth-order valence-corrected chi connectivity index (χ4v) is 5.24. The maximum Gasteiger partial charge on any atom is 0.343 e. The van der Waals surface area contributed by atoms with Crippen LogP contribution in [0.25, 0.3) is 11.1 Å². The molecular weight excluding hydrogens is 542 g/mol. The predicted molar refractivity (Wildman–Crippen MR) is 173 cm³/mol. The molecule has 0 unspecified atom stereocenters. The molecule has 0 aliphatic heterocycles. The van der Waals surface area contributed by atoms with Crippen molar-refractivity contribution in [2.24, 2.45) is 0 Å². The number of carbonyl (C=O) groups excluding carboxylic acids is 1. The Bertz CT molecular complexity index is 1220. The lowest BCUT2D eigenvalue weighted by atomic mass is 10.0. The van der Waals surface area contributed by atoms with Crippen LogP contribution in [0.1, 0.15) is 126 Å². The first kappa shape index (κ1) is 34.3. The van der Waals surface area contributed by atoms with Crippen LogP contribution < -0.4 is 9.47 Å². The van der Waals surface area contributed by atoms with Crippen molar-refractivity contribution < 1.29 is 23.0 Å². The van der Waals surface area contributed by atoms with Crippen LogP contribution >= 0.6 is 0 Å². The van der Waals surface area contributed by atoms with Gasteiger partial charge in [-0.25, -0.2) is 13.6 Å². The van der Waals surface area contributed by atoms with Crippen molar-refractivity contribution in [1.29, 1.82) is 0 Å². The van der Waals surface area contributed by atoms with E-state index in [9.17, 15) is 13.6 Å². The Morgan fingerprint density at radius 2 is 1.12 bits per heavy atom. The standard InChI is InChI=1S/C38H50F2O3/c1-3-5-7-9-10-11-12-13-14-16-18-30-19-25-37(34(39)28-30)43-38(41)32-22-20-31(21-23-32)33-24-26-36(35(40)29-33)42-27-17-15-8-6-4-2/h19-26,28-29H,3-18,27H2,1-2H3. The van der Waals surface area contributed by atoms with Crippen LogP contribution in [0.4, 0.5) is 8.78 Å². The molecule has 5 heteroatoms. The third-order valence-electron chi connectivity index (χ3n) is 7.91. The molecule has 0 N–H and O–H groups in total. The molecule has 0 bridgehead atoms. The quantitative estimate of drug-likeness (QED) is 0.0701. The average molecular weight is 593 g/mol. The average Bonchev–Trinajstić information content (AvgIpc) is 3.01. The van der Waals surface area contributed by atoms with E-state index in [1.54, 1.807) is 36.4 Å². The van der Waals surface area contributed by atoms with Crippen LogP contribution in [0.2, 0.25) is 0 Å². The third-order valence-corrected chi connectivity index (χ3v) is 7.91. The molecule has 0 amide bonds. The van der Waals surface area contributed by atoms with E-state index in [-0.39, 0.29) is 11.5 Å². The highest BCUT2D eigenvalue weighted by Crippen LogP contribution is 2.27. The van der Waals surface area contributed by atoms with Crippen molar-refractivity contribution >= 4 is 5.97 Å². The van der Waals surface area contributed by atoms with E-state index < -0.39 is 17.6 Å². The van der Waals surface area contributed by atoms with Gasteiger partial charge >= 0.3 is 5.97 Å². The highest BCUT2D eigenvalue weighted by molar-refractivity contribution is 5.91. The van der Waals surface area contributed by atoms with Crippen molar-refractivity contribution in [1.82, 2.24) is 0 Å². The van der Waals surface area contributed by atoms with Gasteiger partial charge < -0.3 is 9.47 Å². The Hall–Kier alpha value is -3.21. The van der Waals surface area contributed by atoms with Gasteiger partial charge in [0.2, 0.25) is 0 Å². The molecule has 234 valence electrons. The molecule has 3 rings (SSSR count). The van der Waals surface area contributed by atoms with E-state index in [1.807, 2.05) is 6.07 Å². The Morgan fingerprint density at radius 3 is 1.72 bits per heavy atom. The summed E-state index contributed by atoms with van der Waals surface area (Å²) in [5.41, 5.74) is 2.64. The molecule has 0 fully saturated rings. The van der Waals surface area contributed by atoms with Gasteiger partial charge in [-0.3, -0.25) is 0 Å². The number of carbonyl (C=O) groups is 1.